The third kappa shape index (κ3) is 2.64. The summed E-state index contributed by atoms with van der Waals surface area (Å²) < 4.78 is 2.12. The Morgan fingerprint density at radius 1 is 1.60 bits per heavy atom. The molecule has 1 amide bonds. The maximum Gasteiger partial charge on any atom is 0.266 e. The molecule has 1 aliphatic rings. The van der Waals surface area contributed by atoms with Crippen molar-refractivity contribution in [3.8, 4) is 0 Å². The van der Waals surface area contributed by atoms with Crippen LogP contribution >= 0.6 is 24.0 Å². The summed E-state index contributed by atoms with van der Waals surface area (Å²) in [4.78, 5) is 25.0. The summed E-state index contributed by atoms with van der Waals surface area (Å²) in [6, 6.07) is 2.72. The molecule has 1 aliphatic heterocycles. The van der Waals surface area contributed by atoms with E-state index in [9.17, 15) is 14.7 Å². The van der Waals surface area contributed by atoms with Crippen molar-refractivity contribution in [2.45, 2.75) is 19.4 Å². The second kappa shape index (κ2) is 5.80. The van der Waals surface area contributed by atoms with Crippen LogP contribution < -0.4 is 5.11 Å². The van der Waals surface area contributed by atoms with Crippen LogP contribution in [-0.4, -0.2) is 31.7 Å². The minimum absolute atomic E-state index is 0.256. The summed E-state index contributed by atoms with van der Waals surface area (Å²) in [7, 11) is 1.86. The molecule has 0 aromatic carbocycles. The zero-order chi connectivity index (χ0) is 14.9. The molecule has 1 aromatic rings. The van der Waals surface area contributed by atoms with Crippen molar-refractivity contribution in [3.63, 3.8) is 0 Å². The molecular weight excluding hydrogens is 296 g/mol. The van der Waals surface area contributed by atoms with Crippen LogP contribution in [0.25, 0.3) is 6.08 Å². The molecule has 0 N–H and O–H groups in total. The molecule has 5 nitrogen and oxygen atoms in total. The molecule has 7 heteroatoms. The van der Waals surface area contributed by atoms with Crippen molar-refractivity contribution in [2.75, 3.05) is 0 Å². The summed E-state index contributed by atoms with van der Waals surface area (Å²) >= 11 is 6.23. The van der Waals surface area contributed by atoms with Crippen molar-refractivity contribution in [3.05, 3.63) is 28.9 Å². The second-order valence-electron chi connectivity index (χ2n) is 4.34. The molecule has 1 atom stereocenters. The first-order valence-corrected chi connectivity index (χ1v) is 7.27. The van der Waals surface area contributed by atoms with Crippen LogP contribution in [0.15, 0.2) is 23.2 Å². The summed E-state index contributed by atoms with van der Waals surface area (Å²) in [6.07, 6.45) is 3.83. The highest BCUT2D eigenvalue weighted by atomic mass is 32.2. The lowest BCUT2D eigenvalue weighted by atomic mass is 10.2. The Kier molecular flexibility index (Phi) is 4.29. The largest absolute Gasteiger partial charge is 0.548 e. The quantitative estimate of drug-likeness (QED) is 0.607. The molecule has 0 spiro atoms. The number of rotatable bonds is 4. The first-order valence-electron chi connectivity index (χ1n) is 6.05. The average Bonchev–Trinajstić information content (AvgIpc) is 2.89. The van der Waals surface area contributed by atoms with E-state index in [0.717, 1.165) is 22.4 Å². The number of thiocarbonyl (C=S) groups is 1. The molecule has 2 heterocycles. The predicted octanol–water partition coefficient (Wildman–Crippen LogP) is 0.755. The lowest BCUT2D eigenvalue weighted by Crippen LogP contribution is -2.49. The first-order chi connectivity index (χ1) is 9.45. The van der Waals surface area contributed by atoms with E-state index in [1.54, 1.807) is 13.0 Å². The van der Waals surface area contributed by atoms with Gasteiger partial charge in [0.05, 0.1) is 16.9 Å². The lowest BCUT2D eigenvalue weighted by Gasteiger charge is -2.26. The van der Waals surface area contributed by atoms with E-state index in [4.69, 9.17) is 12.2 Å². The number of carbonyl (C=O) groups excluding carboxylic acids is 2. The SMILES string of the molecule is CC[C@@H](C(=O)[O-])N1C(=O)/C(=C\c2cccn2C)SC1=S. The number of hydrogen-bond donors (Lipinski definition) is 0. The fraction of sp³-hybridized carbons (Fsp3) is 0.308. The van der Waals surface area contributed by atoms with Gasteiger partial charge in [-0.05, 0) is 24.6 Å². The van der Waals surface area contributed by atoms with E-state index in [2.05, 4.69) is 0 Å². The van der Waals surface area contributed by atoms with Crippen molar-refractivity contribution in [2.24, 2.45) is 7.05 Å². The van der Waals surface area contributed by atoms with Gasteiger partial charge >= 0.3 is 0 Å². The zero-order valence-corrected chi connectivity index (χ0v) is 12.7. The van der Waals surface area contributed by atoms with Crippen LogP contribution in [0.5, 0.6) is 0 Å². The highest BCUT2D eigenvalue weighted by Crippen LogP contribution is 2.34. The van der Waals surface area contributed by atoms with Gasteiger partial charge in [0.1, 0.15) is 4.32 Å². The van der Waals surface area contributed by atoms with Gasteiger partial charge in [0, 0.05) is 18.9 Å². The number of amides is 1. The highest BCUT2D eigenvalue weighted by molar-refractivity contribution is 8.26. The minimum Gasteiger partial charge on any atom is -0.548 e. The van der Waals surface area contributed by atoms with Gasteiger partial charge in [-0.3, -0.25) is 9.69 Å². The number of thioether (sulfide) groups is 1. The molecule has 1 aromatic heterocycles. The maximum absolute atomic E-state index is 12.3. The summed E-state index contributed by atoms with van der Waals surface area (Å²) in [5.74, 6) is -1.67. The monoisotopic (exact) mass is 309 g/mol. The van der Waals surface area contributed by atoms with Crippen molar-refractivity contribution >= 4 is 46.3 Å². The molecule has 0 aliphatic carbocycles. The molecule has 1 fully saturated rings. The van der Waals surface area contributed by atoms with Gasteiger partial charge < -0.3 is 14.5 Å². The van der Waals surface area contributed by atoms with E-state index in [1.165, 1.54) is 0 Å². The first kappa shape index (κ1) is 14.8. The summed E-state index contributed by atoms with van der Waals surface area (Å²) in [5.41, 5.74) is 0.854. The lowest BCUT2D eigenvalue weighted by molar-refractivity contribution is -0.310. The molecule has 0 unspecified atom stereocenters. The average molecular weight is 309 g/mol. The minimum atomic E-state index is -1.29. The van der Waals surface area contributed by atoms with Crippen LogP contribution in [0.1, 0.15) is 19.0 Å². The smallest absolute Gasteiger partial charge is 0.266 e. The molecular formula is C13H13N2O3S2-. The summed E-state index contributed by atoms with van der Waals surface area (Å²) in [6.45, 7) is 1.68. The van der Waals surface area contributed by atoms with E-state index >= 15 is 0 Å². The number of aryl methyl sites for hydroxylation is 1. The van der Waals surface area contributed by atoms with Crippen LogP contribution in [-0.2, 0) is 16.6 Å². The fourth-order valence-electron chi connectivity index (χ4n) is 1.96. The number of aliphatic carboxylic acids is 1. The Morgan fingerprint density at radius 3 is 2.80 bits per heavy atom. The topological polar surface area (TPSA) is 65.4 Å². The number of aromatic nitrogens is 1. The standard InChI is InChI=1S/C13H14N2O3S2/c1-3-9(12(17)18)15-11(16)10(20-13(15)19)7-8-5-4-6-14(8)2/h4-7,9H,3H2,1-2H3,(H,17,18)/p-1/b10-7+/t9-/m0/s1. The Balaban J connectivity index is 2.32. The normalized spacial score (nSPS) is 18.9. The van der Waals surface area contributed by atoms with Crippen LogP contribution in [0.4, 0.5) is 0 Å². The zero-order valence-electron chi connectivity index (χ0n) is 11.0. The Bertz CT molecular complexity index is 607. The number of carboxylic acid groups (broad SMARTS) is 1. The number of hydrogen-bond acceptors (Lipinski definition) is 5. The van der Waals surface area contributed by atoms with Crippen molar-refractivity contribution in [1.29, 1.82) is 0 Å². The molecule has 2 rings (SSSR count). The van der Waals surface area contributed by atoms with E-state index in [0.29, 0.717) is 4.91 Å². The molecule has 0 radical (unpaired) electrons. The van der Waals surface area contributed by atoms with Crippen LogP contribution in [0, 0.1) is 0 Å². The van der Waals surface area contributed by atoms with E-state index < -0.39 is 12.0 Å². The third-order valence-corrected chi connectivity index (χ3v) is 4.39. The van der Waals surface area contributed by atoms with Gasteiger partial charge in [-0.2, -0.15) is 0 Å². The number of nitrogens with zero attached hydrogens (tertiary/aromatic N) is 2. The molecule has 0 bridgehead atoms. The summed E-state index contributed by atoms with van der Waals surface area (Å²) in [5, 5.41) is 11.1. The van der Waals surface area contributed by atoms with E-state index in [-0.39, 0.29) is 16.6 Å². The Morgan fingerprint density at radius 2 is 2.30 bits per heavy atom. The molecule has 20 heavy (non-hydrogen) atoms. The predicted molar refractivity (Wildman–Crippen MR) is 79.5 cm³/mol. The van der Waals surface area contributed by atoms with Gasteiger partial charge in [-0.25, -0.2) is 0 Å². The van der Waals surface area contributed by atoms with Gasteiger partial charge in [0.2, 0.25) is 0 Å². The number of carbonyl (C=O) groups is 2. The van der Waals surface area contributed by atoms with Crippen LogP contribution in [0.2, 0.25) is 0 Å². The molecule has 1 saturated heterocycles. The van der Waals surface area contributed by atoms with Gasteiger partial charge in [0.25, 0.3) is 5.91 Å². The van der Waals surface area contributed by atoms with Gasteiger partial charge in [-0.1, -0.05) is 30.9 Å². The molecule has 106 valence electrons. The van der Waals surface area contributed by atoms with Crippen molar-refractivity contribution < 1.29 is 14.7 Å². The van der Waals surface area contributed by atoms with Gasteiger partial charge in [-0.15, -0.1) is 0 Å². The highest BCUT2D eigenvalue weighted by Gasteiger charge is 2.37. The van der Waals surface area contributed by atoms with Crippen molar-refractivity contribution in [1.82, 2.24) is 9.47 Å². The maximum atomic E-state index is 12.3. The Labute approximate surface area is 126 Å². The number of carboxylic acids is 1. The van der Waals surface area contributed by atoms with Gasteiger partial charge in [0.15, 0.2) is 0 Å². The second-order valence-corrected chi connectivity index (χ2v) is 6.01. The fourth-order valence-corrected chi connectivity index (χ4v) is 3.30. The Hall–Kier alpha value is -1.60. The third-order valence-electron chi connectivity index (χ3n) is 3.06. The van der Waals surface area contributed by atoms with Crippen LogP contribution in [0.3, 0.4) is 0 Å². The van der Waals surface area contributed by atoms with E-state index in [1.807, 2.05) is 29.9 Å². The molecule has 0 saturated carbocycles.